The first-order chi connectivity index (χ1) is 7.50. The van der Waals surface area contributed by atoms with Gasteiger partial charge in [-0.05, 0) is 43.8 Å². The third-order valence-corrected chi connectivity index (χ3v) is 2.94. The van der Waals surface area contributed by atoms with Gasteiger partial charge in [-0.1, -0.05) is 13.8 Å². The molecular weight excluding hydrogens is 338 g/mol. The van der Waals surface area contributed by atoms with Crippen molar-refractivity contribution in [3.05, 3.63) is 31.6 Å². The molecule has 0 aliphatic heterocycles. The first kappa shape index (κ1) is 13.9. The van der Waals surface area contributed by atoms with Crippen molar-refractivity contribution in [2.75, 3.05) is 13.2 Å². The Morgan fingerprint density at radius 2 is 2.12 bits per heavy atom. The number of rotatable bonds is 5. The zero-order valence-corrected chi connectivity index (χ0v) is 12.5. The van der Waals surface area contributed by atoms with Crippen LogP contribution in [-0.4, -0.2) is 17.8 Å². The maximum Gasteiger partial charge on any atom is 0.264 e. The summed E-state index contributed by atoms with van der Waals surface area (Å²) in [5, 5.41) is 0. The Bertz CT molecular complexity index is 401. The Kier molecular flexibility index (Phi) is 5.72. The molecule has 0 N–H and O–H groups in total. The number of hydrogen-bond acceptors (Lipinski definition) is 2. The van der Waals surface area contributed by atoms with Crippen molar-refractivity contribution >= 4 is 31.9 Å². The first-order valence-corrected chi connectivity index (χ1v) is 6.72. The van der Waals surface area contributed by atoms with E-state index in [0.29, 0.717) is 23.5 Å². The minimum absolute atomic E-state index is 0.0312. The molecule has 0 spiro atoms. The van der Waals surface area contributed by atoms with E-state index in [1.165, 1.54) is 0 Å². The fourth-order valence-electron chi connectivity index (χ4n) is 1.21. The van der Waals surface area contributed by atoms with Crippen LogP contribution in [0.4, 0.5) is 0 Å². The molecule has 1 aromatic heterocycles. The van der Waals surface area contributed by atoms with Gasteiger partial charge in [-0.25, -0.2) is 0 Å². The molecule has 0 aliphatic rings. The van der Waals surface area contributed by atoms with Gasteiger partial charge in [-0.3, -0.25) is 4.79 Å². The third kappa shape index (κ3) is 4.39. The van der Waals surface area contributed by atoms with E-state index >= 15 is 0 Å². The predicted molar refractivity (Wildman–Crippen MR) is 71.8 cm³/mol. The van der Waals surface area contributed by atoms with E-state index in [9.17, 15) is 4.79 Å². The van der Waals surface area contributed by atoms with Crippen LogP contribution in [-0.2, 0) is 11.3 Å². The summed E-state index contributed by atoms with van der Waals surface area (Å²) in [6.45, 7) is 6.05. The molecule has 0 saturated carbocycles. The summed E-state index contributed by atoms with van der Waals surface area (Å²) < 4.78 is 8.52. The summed E-state index contributed by atoms with van der Waals surface area (Å²) in [6.07, 6.45) is 1.77. The van der Waals surface area contributed by atoms with Crippen molar-refractivity contribution in [2.45, 2.75) is 20.4 Å². The molecule has 1 rings (SSSR count). The fraction of sp³-hybridized carbons (Fsp3) is 0.545. The van der Waals surface area contributed by atoms with E-state index in [-0.39, 0.29) is 5.56 Å². The van der Waals surface area contributed by atoms with Gasteiger partial charge in [0.2, 0.25) is 0 Å². The number of pyridine rings is 1. The van der Waals surface area contributed by atoms with E-state index in [0.717, 1.165) is 11.1 Å². The van der Waals surface area contributed by atoms with Crippen molar-refractivity contribution in [3.8, 4) is 0 Å². The summed E-state index contributed by atoms with van der Waals surface area (Å²) >= 11 is 6.57. The van der Waals surface area contributed by atoms with Crippen LogP contribution in [0.5, 0.6) is 0 Å². The van der Waals surface area contributed by atoms with E-state index in [1.54, 1.807) is 16.8 Å². The highest BCUT2D eigenvalue weighted by Crippen LogP contribution is 2.12. The number of hydrogen-bond donors (Lipinski definition) is 0. The lowest BCUT2D eigenvalue weighted by atomic mass is 10.2. The Morgan fingerprint density at radius 3 is 2.75 bits per heavy atom. The van der Waals surface area contributed by atoms with Crippen LogP contribution in [0, 0.1) is 5.92 Å². The standard InChI is InChI=1S/C11H15Br2NO2/c1-8(2)7-16-4-3-14-6-9(12)5-10(13)11(14)15/h5-6,8H,3-4,7H2,1-2H3. The van der Waals surface area contributed by atoms with Gasteiger partial charge < -0.3 is 9.30 Å². The van der Waals surface area contributed by atoms with Crippen molar-refractivity contribution in [1.82, 2.24) is 4.57 Å². The monoisotopic (exact) mass is 351 g/mol. The smallest absolute Gasteiger partial charge is 0.264 e. The van der Waals surface area contributed by atoms with Gasteiger partial charge in [0.1, 0.15) is 0 Å². The molecule has 0 bridgehead atoms. The van der Waals surface area contributed by atoms with E-state index in [4.69, 9.17) is 4.74 Å². The van der Waals surface area contributed by atoms with Crippen LogP contribution >= 0.6 is 31.9 Å². The highest BCUT2D eigenvalue weighted by molar-refractivity contribution is 9.11. The zero-order chi connectivity index (χ0) is 12.1. The molecule has 3 nitrogen and oxygen atoms in total. The molecular formula is C11H15Br2NO2. The summed E-state index contributed by atoms with van der Waals surface area (Å²) in [5.74, 6) is 0.519. The lowest BCUT2D eigenvalue weighted by molar-refractivity contribution is 0.102. The quantitative estimate of drug-likeness (QED) is 0.762. The fourth-order valence-corrected chi connectivity index (χ4v) is 2.47. The molecule has 0 saturated heterocycles. The average molecular weight is 353 g/mol. The van der Waals surface area contributed by atoms with E-state index in [2.05, 4.69) is 45.7 Å². The second-order valence-electron chi connectivity index (χ2n) is 3.97. The Hall–Kier alpha value is -0.130. The number of ether oxygens (including phenoxy) is 1. The maximum absolute atomic E-state index is 11.7. The molecule has 5 heteroatoms. The van der Waals surface area contributed by atoms with Crippen LogP contribution in [0.15, 0.2) is 26.0 Å². The molecule has 0 aliphatic carbocycles. The van der Waals surface area contributed by atoms with Crippen LogP contribution in [0.2, 0.25) is 0 Å². The van der Waals surface area contributed by atoms with Crippen molar-refractivity contribution < 1.29 is 4.74 Å². The third-order valence-electron chi connectivity index (χ3n) is 1.94. The highest BCUT2D eigenvalue weighted by Gasteiger charge is 2.03. The van der Waals surface area contributed by atoms with Gasteiger partial charge in [-0.15, -0.1) is 0 Å². The van der Waals surface area contributed by atoms with E-state index in [1.807, 2.05) is 0 Å². The van der Waals surface area contributed by atoms with Gasteiger partial charge >= 0.3 is 0 Å². The molecule has 0 amide bonds. The minimum Gasteiger partial charge on any atom is -0.379 e. The summed E-state index contributed by atoms with van der Waals surface area (Å²) in [6, 6.07) is 1.74. The highest BCUT2D eigenvalue weighted by atomic mass is 79.9. The van der Waals surface area contributed by atoms with Crippen LogP contribution in [0.3, 0.4) is 0 Å². The average Bonchev–Trinajstić information content (AvgIpc) is 2.19. The second kappa shape index (κ2) is 6.57. The SMILES string of the molecule is CC(C)COCCn1cc(Br)cc(Br)c1=O. The topological polar surface area (TPSA) is 31.2 Å². The molecule has 0 atom stereocenters. The van der Waals surface area contributed by atoms with Crippen LogP contribution < -0.4 is 5.56 Å². The van der Waals surface area contributed by atoms with Gasteiger partial charge in [0.15, 0.2) is 0 Å². The van der Waals surface area contributed by atoms with Gasteiger partial charge in [0.25, 0.3) is 5.56 Å². The Labute approximate surface area is 112 Å². The van der Waals surface area contributed by atoms with E-state index < -0.39 is 0 Å². The first-order valence-electron chi connectivity index (χ1n) is 5.14. The van der Waals surface area contributed by atoms with Crippen molar-refractivity contribution in [1.29, 1.82) is 0 Å². The Balaban J connectivity index is 2.57. The summed E-state index contributed by atoms with van der Waals surface area (Å²) in [7, 11) is 0. The molecule has 1 aromatic rings. The molecule has 1 heterocycles. The van der Waals surface area contributed by atoms with Crippen LogP contribution in [0.1, 0.15) is 13.8 Å². The van der Waals surface area contributed by atoms with Crippen molar-refractivity contribution in [2.24, 2.45) is 5.92 Å². The number of aromatic nitrogens is 1. The Morgan fingerprint density at radius 1 is 1.44 bits per heavy atom. The molecule has 0 fully saturated rings. The summed E-state index contributed by atoms with van der Waals surface area (Å²) in [4.78, 5) is 11.7. The number of halogens is 2. The molecule has 0 aromatic carbocycles. The minimum atomic E-state index is -0.0312. The van der Waals surface area contributed by atoms with Crippen molar-refractivity contribution in [3.63, 3.8) is 0 Å². The normalized spacial score (nSPS) is 11.1. The number of nitrogens with zero attached hydrogens (tertiary/aromatic N) is 1. The second-order valence-corrected chi connectivity index (χ2v) is 5.74. The lowest BCUT2D eigenvalue weighted by Gasteiger charge is -2.09. The molecule has 16 heavy (non-hydrogen) atoms. The predicted octanol–water partition coefficient (Wildman–Crippen LogP) is 3.05. The van der Waals surface area contributed by atoms with Gasteiger partial charge in [0, 0.05) is 23.8 Å². The molecule has 0 unspecified atom stereocenters. The maximum atomic E-state index is 11.7. The molecule has 0 radical (unpaired) electrons. The largest absolute Gasteiger partial charge is 0.379 e. The van der Waals surface area contributed by atoms with Gasteiger partial charge in [0.05, 0.1) is 11.1 Å². The van der Waals surface area contributed by atoms with Gasteiger partial charge in [-0.2, -0.15) is 0 Å². The summed E-state index contributed by atoms with van der Waals surface area (Å²) in [5.41, 5.74) is -0.0312. The zero-order valence-electron chi connectivity index (χ0n) is 9.37. The van der Waals surface area contributed by atoms with Crippen LogP contribution in [0.25, 0.3) is 0 Å². The molecule has 90 valence electrons. The lowest BCUT2D eigenvalue weighted by Crippen LogP contribution is -2.22.